The van der Waals surface area contributed by atoms with Crippen LogP contribution in [0.15, 0.2) is 30.0 Å². The van der Waals surface area contributed by atoms with Crippen molar-refractivity contribution in [2.75, 3.05) is 0 Å². The number of halogens is 3. The Kier molecular flexibility index (Phi) is 3.22. The summed E-state index contributed by atoms with van der Waals surface area (Å²) in [7, 11) is 0. The van der Waals surface area contributed by atoms with Gasteiger partial charge in [-0.25, -0.2) is 4.79 Å². The third kappa shape index (κ3) is 3.01. The van der Waals surface area contributed by atoms with Crippen molar-refractivity contribution >= 4 is 12.0 Å². The van der Waals surface area contributed by atoms with E-state index in [0.717, 1.165) is 18.2 Å². The fourth-order valence-corrected chi connectivity index (χ4v) is 1.05. The van der Waals surface area contributed by atoms with Gasteiger partial charge in [0, 0.05) is 0 Å². The van der Waals surface area contributed by atoms with Gasteiger partial charge in [0.1, 0.15) is 5.70 Å². The van der Waals surface area contributed by atoms with E-state index < -0.39 is 23.4 Å². The van der Waals surface area contributed by atoms with Crippen LogP contribution >= 0.6 is 0 Å². The number of alkyl halides is 3. The lowest BCUT2D eigenvalue weighted by Gasteiger charge is -2.06. The Morgan fingerprint density at radius 3 is 2.50 bits per heavy atom. The molecule has 86 valence electrons. The average molecular weight is 231 g/mol. The van der Waals surface area contributed by atoms with Gasteiger partial charge in [0.2, 0.25) is 0 Å². The van der Waals surface area contributed by atoms with Crippen LogP contribution in [0.2, 0.25) is 0 Å². The number of rotatable bonds is 2. The third-order valence-corrected chi connectivity index (χ3v) is 1.78. The molecule has 1 aromatic carbocycles. The number of hydrogen-bond acceptors (Lipinski definition) is 2. The minimum absolute atomic E-state index is 0.0923. The number of nitrogens with two attached hydrogens (primary N) is 1. The van der Waals surface area contributed by atoms with Crippen LogP contribution in [0.3, 0.4) is 0 Å². The Morgan fingerprint density at radius 2 is 2.00 bits per heavy atom. The van der Waals surface area contributed by atoms with E-state index in [9.17, 15) is 18.0 Å². The first-order valence-corrected chi connectivity index (χ1v) is 4.18. The van der Waals surface area contributed by atoms with Crippen molar-refractivity contribution in [3.8, 4) is 0 Å². The summed E-state index contributed by atoms with van der Waals surface area (Å²) in [6, 6.07) is 4.25. The predicted molar refractivity (Wildman–Crippen MR) is 51.2 cm³/mol. The highest BCUT2D eigenvalue weighted by Crippen LogP contribution is 2.29. The Labute approximate surface area is 89.0 Å². The zero-order chi connectivity index (χ0) is 12.3. The molecule has 0 spiro atoms. The zero-order valence-corrected chi connectivity index (χ0v) is 7.95. The molecule has 1 aromatic rings. The largest absolute Gasteiger partial charge is 0.477 e. The van der Waals surface area contributed by atoms with Crippen molar-refractivity contribution in [2.45, 2.75) is 6.18 Å². The number of carboxylic acids is 1. The molecule has 3 N–H and O–H groups in total. The second kappa shape index (κ2) is 4.26. The van der Waals surface area contributed by atoms with Crippen molar-refractivity contribution < 1.29 is 23.1 Å². The molecule has 6 heteroatoms. The molecule has 0 fully saturated rings. The smallest absolute Gasteiger partial charge is 0.416 e. The van der Waals surface area contributed by atoms with E-state index in [-0.39, 0.29) is 5.56 Å². The van der Waals surface area contributed by atoms with Crippen molar-refractivity contribution in [3.05, 3.63) is 41.1 Å². The molecule has 0 heterocycles. The van der Waals surface area contributed by atoms with Crippen LogP contribution in [-0.2, 0) is 11.0 Å². The summed E-state index contributed by atoms with van der Waals surface area (Å²) in [6.07, 6.45) is -3.49. The first kappa shape index (κ1) is 12.1. The molecule has 1 rings (SSSR count). The molecule has 0 aromatic heterocycles. The van der Waals surface area contributed by atoms with E-state index in [4.69, 9.17) is 10.8 Å². The maximum atomic E-state index is 12.3. The molecule has 0 atom stereocenters. The molecule has 0 amide bonds. The summed E-state index contributed by atoms with van der Waals surface area (Å²) in [5.41, 5.74) is 3.82. The molecule has 0 saturated heterocycles. The highest BCUT2D eigenvalue weighted by atomic mass is 19.4. The van der Waals surface area contributed by atoms with Crippen molar-refractivity contribution in [2.24, 2.45) is 5.73 Å². The standard InChI is InChI=1S/C10H8F3NO2/c11-10(12,13)7-3-1-2-6(4-7)5-8(14)9(15)16/h1-5H,14H2,(H,15,16)/b8-5+. The van der Waals surface area contributed by atoms with Crippen molar-refractivity contribution in [1.29, 1.82) is 0 Å². The lowest BCUT2D eigenvalue weighted by atomic mass is 10.1. The van der Waals surface area contributed by atoms with Gasteiger partial charge in [-0.3, -0.25) is 0 Å². The first-order valence-electron chi connectivity index (χ1n) is 4.18. The molecule has 3 nitrogen and oxygen atoms in total. The van der Waals surface area contributed by atoms with Crippen molar-refractivity contribution in [1.82, 2.24) is 0 Å². The third-order valence-electron chi connectivity index (χ3n) is 1.78. The molecule has 0 radical (unpaired) electrons. The molecule has 0 aliphatic rings. The molecular formula is C10H8F3NO2. The van der Waals surface area contributed by atoms with Gasteiger partial charge in [0.05, 0.1) is 5.56 Å². The Bertz CT molecular complexity index is 438. The minimum Gasteiger partial charge on any atom is -0.477 e. The van der Waals surface area contributed by atoms with Gasteiger partial charge >= 0.3 is 12.1 Å². The van der Waals surface area contributed by atoms with E-state index in [1.807, 2.05) is 0 Å². The van der Waals surface area contributed by atoms with Gasteiger partial charge in [0.25, 0.3) is 0 Å². The van der Waals surface area contributed by atoms with Crippen LogP contribution in [-0.4, -0.2) is 11.1 Å². The van der Waals surface area contributed by atoms with Crippen molar-refractivity contribution in [3.63, 3.8) is 0 Å². The van der Waals surface area contributed by atoms with Gasteiger partial charge in [-0.05, 0) is 23.8 Å². The van der Waals surface area contributed by atoms with Gasteiger partial charge in [-0.15, -0.1) is 0 Å². The fraction of sp³-hybridized carbons (Fsp3) is 0.100. The predicted octanol–water partition coefficient (Wildman–Crippen LogP) is 2.09. The van der Waals surface area contributed by atoms with Crippen LogP contribution in [0.4, 0.5) is 13.2 Å². The van der Waals surface area contributed by atoms with Gasteiger partial charge in [-0.2, -0.15) is 13.2 Å². The maximum Gasteiger partial charge on any atom is 0.416 e. The van der Waals surface area contributed by atoms with E-state index in [2.05, 4.69) is 0 Å². The van der Waals surface area contributed by atoms with Crippen LogP contribution in [0, 0.1) is 0 Å². The topological polar surface area (TPSA) is 63.3 Å². The first-order chi connectivity index (χ1) is 7.30. The lowest BCUT2D eigenvalue weighted by molar-refractivity contribution is -0.137. The van der Waals surface area contributed by atoms with Gasteiger partial charge in [0.15, 0.2) is 0 Å². The summed E-state index contributed by atoms with van der Waals surface area (Å²) in [4.78, 5) is 10.4. The van der Waals surface area contributed by atoms with Gasteiger partial charge < -0.3 is 10.8 Å². The molecular weight excluding hydrogens is 223 g/mol. The normalized spacial score (nSPS) is 12.6. The highest BCUT2D eigenvalue weighted by Gasteiger charge is 2.30. The molecule has 0 saturated carbocycles. The number of hydrogen-bond donors (Lipinski definition) is 2. The second-order valence-corrected chi connectivity index (χ2v) is 3.03. The minimum atomic E-state index is -4.46. The number of carbonyl (C=O) groups is 1. The van der Waals surface area contributed by atoms with Crippen LogP contribution in [0.1, 0.15) is 11.1 Å². The fourth-order valence-electron chi connectivity index (χ4n) is 1.05. The van der Waals surface area contributed by atoms with E-state index >= 15 is 0 Å². The van der Waals surface area contributed by atoms with E-state index in [0.29, 0.717) is 0 Å². The summed E-state index contributed by atoms with van der Waals surface area (Å²) in [6.45, 7) is 0. The molecule has 0 bridgehead atoms. The quantitative estimate of drug-likeness (QED) is 0.766. The second-order valence-electron chi connectivity index (χ2n) is 3.03. The Balaban J connectivity index is 3.09. The monoisotopic (exact) mass is 231 g/mol. The average Bonchev–Trinajstić information content (AvgIpc) is 2.16. The SMILES string of the molecule is N/C(=C/c1cccc(C(F)(F)F)c1)C(=O)O. The summed E-state index contributed by atoms with van der Waals surface area (Å²) < 4.78 is 36.9. The molecule has 0 aliphatic heterocycles. The Hall–Kier alpha value is -1.98. The molecule has 0 aliphatic carbocycles. The maximum absolute atomic E-state index is 12.3. The Morgan fingerprint density at radius 1 is 1.38 bits per heavy atom. The summed E-state index contributed by atoms with van der Waals surface area (Å²) in [5.74, 6) is -1.38. The number of carboxylic acid groups (broad SMARTS) is 1. The zero-order valence-electron chi connectivity index (χ0n) is 7.95. The van der Waals surface area contributed by atoms with Crippen LogP contribution < -0.4 is 5.73 Å². The molecule has 0 unspecified atom stereocenters. The van der Waals surface area contributed by atoms with E-state index in [1.54, 1.807) is 0 Å². The summed E-state index contributed by atoms with van der Waals surface area (Å²) in [5, 5.41) is 8.46. The van der Waals surface area contributed by atoms with Crippen LogP contribution in [0.25, 0.3) is 6.08 Å². The van der Waals surface area contributed by atoms with Crippen LogP contribution in [0.5, 0.6) is 0 Å². The highest BCUT2D eigenvalue weighted by molar-refractivity contribution is 5.90. The van der Waals surface area contributed by atoms with Gasteiger partial charge in [-0.1, -0.05) is 12.1 Å². The molecule has 16 heavy (non-hydrogen) atoms. The summed E-state index contributed by atoms with van der Waals surface area (Å²) >= 11 is 0. The number of benzene rings is 1. The lowest BCUT2D eigenvalue weighted by Crippen LogP contribution is -2.09. The van der Waals surface area contributed by atoms with E-state index in [1.165, 1.54) is 12.1 Å². The number of aliphatic carboxylic acids is 1.